The molecule has 2 heterocycles. The van der Waals surface area contributed by atoms with Crippen LogP contribution in [0.3, 0.4) is 0 Å². The Morgan fingerprint density at radius 1 is 0.762 bits per heavy atom. The van der Waals surface area contributed by atoms with Crippen molar-refractivity contribution in [2.24, 2.45) is 0 Å². The van der Waals surface area contributed by atoms with Gasteiger partial charge in [0.05, 0.1) is 0 Å². The Morgan fingerprint density at radius 3 is 1.88 bits per heavy atom. The van der Waals surface area contributed by atoms with Crippen molar-refractivity contribution in [2.45, 2.75) is 66.1 Å². The van der Waals surface area contributed by atoms with E-state index in [9.17, 15) is 14.4 Å². The molecule has 0 aromatic heterocycles. The number of piperazine rings is 1. The summed E-state index contributed by atoms with van der Waals surface area (Å²) in [6, 6.07) is 13.6. The van der Waals surface area contributed by atoms with Crippen molar-refractivity contribution in [3.63, 3.8) is 0 Å². The predicted molar refractivity (Wildman–Crippen MR) is 166 cm³/mol. The lowest BCUT2D eigenvalue weighted by atomic mass is 9.98. The van der Waals surface area contributed by atoms with Crippen LogP contribution in [0.5, 0.6) is 0 Å². The monoisotopic (exact) mass is 576 g/mol. The Bertz CT molecular complexity index is 1330. The molecule has 9 heteroatoms. The van der Waals surface area contributed by atoms with Gasteiger partial charge in [0, 0.05) is 56.2 Å². The first-order valence-electron chi connectivity index (χ1n) is 14.6. The fourth-order valence-electron chi connectivity index (χ4n) is 4.91. The van der Waals surface area contributed by atoms with Crippen LogP contribution in [0.4, 0.5) is 21.0 Å². The van der Waals surface area contributed by atoms with Gasteiger partial charge >= 0.3 is 12.2 Å². The lowest BCUT2D eigenvalue weighted by Gasteiger charge is -2.37. The number of anilines is 2. The molecule has 42 heavy (non-hydrogen) atoms. The van der Waals surface area contributed by atoms with Gasteiger partial charge in [0.15, 0.2) is 0 Å². The lowest BCUT2D eigenvalue weighted by Crippen LogP contribution is -2.50. The van der Waals surface area contributed by atoms with Crippen LogP contribution in [0.25, 0.3) is 5.57 Å². The number of hydrogen-bond donors (Lipinski definition) is 1. The third kappa shape index (κ3) is 8.27. The summed E-state index contributed by atoms with van der Waals surface area (Å²) in [6.45, 7) is 16.9. The molecule has 2 aliphatic heterocycles. The molecule has 0 spiro atoms. The van der Waals surface area contributed by atoms with E-state index in [-0.39, 0.29) is 18.1 Å². The summed E-state index contributed by atoms with van der Waals surface area (Å²) in [5.74, 6) is -0.169. The molecule has 0 saturated carbocycles. The zero-order valence-corrected chi connectivity index (χ0v) is 26.0. The van der Waals surface area contributed by atoms with Gasteiger partial charge < -0.3 is 29.5 Å². The number of nitrogens with zero attached hydrogens (tertiary/aromatic N) is 3. The SMILES string of the molecule is Cc1cc(N2CCN(C(=O)OC(C)(C)C)CC2)ccc1NC(=O)c1ccc(C2=CCN(C(=O)OC(C)(C)C)CC2)cc1. The molecule has 2 aliphatic rings. The maximum absolute atomic E-state index is 13.0. The first-order chi connectivity index (χ1) is 19.7. The van der Waals surface area contributed by atoms with E-state index in [1.54, 1.807) is 9.80 Å². The van der Waals surface area contributed by atoms with Crippen LogP contribution in [-0.2, 0) is 9.47 Å². The first kappa shape index (κ1) is 30.9. The summed E-state index contributed by atoms with van der Waals surface area (Å²) in [6.07, 6.45) is 2.20. The van der Waals surface area contributed by atoms with Gasteiger partial charge in [0.25, 0.3) is 5.91 Å². The maximum Gasteiger partial charge on any atom is 0.410 e. The van der Waals surface area contributed by atoms with Crippen LogP contribution in [0.1, 0.15) is 69.4 Å². The molecule has 9 nitrogen and oxygen atoms in total. The molecule has 226 valence electrons. The lowest BCUT2D eigenvalue weighted by molar-refractivity contribution is 0.0237. The summed E-state index contributed by atoms with van der Waals surface area (Å²) in [5.41, 5.74) is 4.54. The van der Waals surface area contributed by atoms with Crippen molar-refractivity contribution < 1.29 is 23.9 Å². The molecule has 1 saturated heterocycles. The molecule has 0 unspecified atom stereocenters. The standard InChI is InChI=1S/C33H44N4O5/c1-23-22-27(35-18-20-37(21-19-35)31(40)42-33(5,6)7)12-13-28(23)34-29(38)26-10-8-24(9-11-26)25-14-16-36(17-15-25)30(39)41-32(2,3)4/h8-14,22H,15-21H2,1-7H3,(H,34,38). The number of amides is 3. The van der Waals surface area contributed by atoms with Crippen molar-refractivity contribution in [2.75, 3.05) is 49.5 Å². The van der Waals surface area contributed by atoms with Gasteiger partial charge in [-0.25, -0.2) is 9.59 Å². The average molecular weight is 577 g/mol. The van der Waals surface area contributed by atoms with E-state index in [4.69, 9.17) is 9.47 Å². The second kappa shape index (κ2) is 12.5. The number of hydrogen-bond acceptors (Lipinski definition) is 6. The van der Waals surface area contributed by atoms with Gasteiger partial charge in [-0.1, -0.05) is 18.2 Å². The predicted octanol–water partition coefficient (Wildman–Crippen LogP) is 6.33. The number of carbonyl (C=O) groups excluding carboxylic acids is 3. The van der Waals surface area contributed by atoms with Crippen LogP contribution >= 0.6 is 0 Å². The van der Waals surface area contributed by atoms with Gasteiger partial charge in [-0.05, 0) is 102 Å². The van der Waals surface area contributed by atoms with Crippen LogP contribution in [-0.4, -0.2) is 78.4 Å². The second-order valence-corrected chi connectivity index (χ2v) is 12.9. The van der Waals surface area contributed by atoms with Crippen molar-refractivity contribution in [1.29, 1.82) is 0 Å². The Labute approximate surface area is 249 Å². The van der Waals surface area contributed by atoms with E-state index < -0.39 is 11.2 Å². The van der Waals surface area contributed by atoms with Gasteiger partial charge in [0.1, 0.15) is 11.2 Å². The zero-order chi connectivity index (χ0) is 30.7. The summed E-state index contributed by atoms with van der Waals surface area (Å²) in [5, 5.41) is 3.04. The van der Waals surface area contributed by atoms with E-state index >= 15 is 0 Å². The Hall–Kier alpha value is -4.01. The summed E-state index contributed by atoms with van der Waals surface area (Å²) >= 11 is 0. The first-order valence-corrected chi connectivity index (χ1v) is 14.6. The smallest absolute Gasteiger partial charge is 0.410 e. The number of carbonyl (C=O) groups is 3. The van der Waals surface area contributed by atoms with Gasteiger partial charge in [-0.15, -0.1) is 0 Å². The largest absolute Gasteiger partial charge is 0.444 e. The van der Waals surface area contributed by atoms with Crippen molar-refractivity contribution in [3.8, 4) is 0 Å². The van der Waals surface area contributed by atoms with Crippen molar-refractivity contribution in [1.82, 2.24) is 9.80 Å². The second-order valence-electron chi connectivity index (χ2n) is 12.9. The molecule has 2 aromatic rings. The zero-order valence-electron chi connectivity index (χ0n) is 26.0. The molecular weight excluding hydrogens is 532 g/mol. The van der Waals surface area contributed by atoms with Crippen LogP contribution in [0.2, 0.25) is 0 Å². The summed E-state index contributed by atoms with van der Waals surface area (Å²) < 4.78 is 11.0. The number of aryl methyl sites for hydroxylation is 1. The summed E-state index contributed by atoms with van der Waals surface area (Å²) in [4.78, 5) is 43.4. The molecule has 0 atom stereocenters. The molecule has 0 bridgehead atoms. The maximum atomic E-state index is 13.0. The Kier molecular flexibility index (Phi) is 9.18. The molecule has 0 aliphatic carbocycles. The minimum atomic E-state index is -0.515. The Balaban J connectivity index is 1.31. The van der Waals surface area contributed by atoms with Crippen molar-refractivity contribution in [3.05, 3.63) is 65.2 Å². The van der Waals surface area contributed by atoms with Gasteiger partial charge in [0.2, 0.25) is 0 Å². The third-order valence-electron chi connectivity index (χ3n) is 7.13. The average Bonchev–Trinajstić information content (AvgIpc) is 2.92. The fraction of sp³-hybridized carbons (Fsp3) is 0.485. The molecule has 1 fully saturated rings. The molecule has 3 amide bonds. The quantitative estimate of drug-likeness (QED) is 0.458. The highest BCUT2D eigenvalue weighted by molar-refractivity contribution is 6.05. The molecule has 2 aromatic carbocycles. The highest BCUT2D eigenvalue weighted by atomic mass is 16.6. The highest BCUT2D eigenvalue weighted by Gasteiger charge is 2.27. The van der Waals surface area contributed by atoms with E-state index in [1.165, 1.54) is 0 Å². The van der Waals surface area contributed by atoms with Crippen LogP contribution in [0.15, 0.2) is 48.5 Å². The van der Waals surface area contributed by atoms with Gasteiger partial charge in [-0.3, -0.25) is 4.79 Å². The minimum Gasteiger partial charge on any atom is -0.444 e. The number of rotatable bonds is 4. The van der Waals surface area contributed by atoms with Crippen molar-refractivity contribution >= 4 is 35.0 Å². The molecule has 1 N–H and O–H groups in total. The minimum absolute atomic E-state index is 0.169. The third-order valence-corrected chi connectivity index (χ3v) is 7.13. The number of ether oxygens (including phenoxy) is 2. The van der Waals surface area contributed by atoms with E-state index in [0.717, 1.165) is 34.5 Å². The molecule has 0 radical (unpaired) electrons. The van der Waals surface area contributed by atoms with E-state index in [2.05, 4.69) is 16.3 Å². The Morgan fingerprint density at radius 2 is 1.36 bits per heavy atom. The van der Waals surface area contributed by atoms with E-state index in [1.807, 2.05) is 90.9 Å². The van der Waals surface area contributed by atoms with E-state index in [0.29, 0.717) is 44.8 Å². The van der Waals surface area contributed by atoms with Crippen LogP contribution < -0.4 is 10.2 Å². The highest BCUT2D eigenvalue weighted by Crippen LogP contribution is 2.26. The topological polar surface area (TPSA) is 91.4 Å². The molecular formula is C33H44N4O5. The number of nitrogens with one attached hydrogen (secondary N) is 1. The fourth-order valence-corrected chi connectivity index (χ4v) is 4.91. The molecule has 4 rings (SSSR count). The number of benzene rings is 2. The van der Waals surface area contributed by atoms with Crippen LogP contribution in [0, 0.1) is 6.92 Å². The normalized spacial score (nSPS) is 16.1. The van der Waals surface area contributed by atoms with Gasteiger partial charge in [-0.2, -0.15) is 0 Å². The summed E-state index contributed by atoms with van der Waals surface area (Å²) in [7, 11) is 0.